The molecule has 2 aliphatic heterocycles. The third-order valence-corrected chi connectivity index (χ3v) is 6.40. The number of nitrogens with zero attached hydrogens (tertiary/aromatic N) is 4. The van der Waals surface area contributed by atoms with Crippen LogP contribution < -0.4 is 15.1 Å². The smallest absolute Gasteiger partial charge is 0.129 e. The summed E-state index contributed by atoms with van der Waals surface area (Å²) in [6, 6.07) is 7.51. The lowest BCUT2D eigenvalue weighted by atomic mass is 10.0. The number of pyridine rings is 1. The molecule has 1 unspecified atom stereocenters. The van der Waals surface area contributed by atoms with Gasteiger partial charge >= 0.3 is 0 Å². The molecule has 0 bridgehead atoms. The Bertz CT molecular complexity index is 1080. The number of hydrogen-bond acceptors (Lipinski definition) is 5. The van der Waals surface area contributed by atoms with Gasteiger partial charge in [-0.1, -0.05) is 19.2 Å². The Labute approximate surface area is 183 Å². The van der Waals surface area contributed by atoms with Crippen LogP contribution >= 0.6 is 0 Å². The van der Waals surface area contributed by atoms with E-state index in [9.17, 15) is 9.65 Å². The van der Waals surface area contributed by atoms with Crippen LogP contribution in [0.2, 0.25) is 0 Å². The van der Waals surface area contributed by atoms with Gasteiger partial charge < -0.3 is 15.1 Å². The normalized spacial score (nSPS) is 17.9. The van der Waals surface area contributed by atoms with E-state index in [1.165, 1.54) is 0 Å². The first kappa shape index (κ1) is 21.1. The van der Waals surface area contributed by atoms with Crippen molar-refractivity contribution in [1.82, 2.24) is 10.3 Å². The van der Waals surface area contributed by atoms with Crippen LogP contribution in [0.25, 0.3) is 0 Å². The average molecular weight is 418 g/mol. The van der Waals surface area contributed by atoms with Gasteiger partial charge in [-0.05, 0) is 49.9 Å². The van der Waals surface area contributed by atoms with Crippen LogP contribution in [0.5, 0.6) is 0 Å². The summed E-state index contributed by atoms with van der Waals surface area (Å²) >= 11 is 0. The van der Waals surface area contributed by atoms with Gasteiger partial charge in [-0.3, -0.25) is 4.98 Å². The fraction of sp³-hybridized carbons (Fsp3) is 0.360. The molecule has 0 amide bonds. The van der Waals surface area contributed by atoms with Crippen molar-refractivity contribution in [3.8, 4) is 6.07 Å². The molecule has 160 valence electrons. The third kappa shape index (κ3) is 4.06. The van der Waals surface area contributed by atoms with Crippen LogP contribution in [0.15, 0.2) is 48.9 Å². The molecule has 6 heteroatoms. The minimum absolute atomic E-state index is 0.173. The molecule has 1 saturated heterocycles. The van der Waals surface area contributed by atoms with Gasteiger partial charge in [-0.25, -0.2) is 4.39 Å². The number of fused-ring (bicyclic) bond motifs is 1. The molecule has 31 heavy (non-hydrogen) atoms. The molecule has 1 aromatic heterocycles. The Hall–Kier alpha value is -3.17. The molecule has 0 spiro atoms. The number of halogens is 1. The van der Waals surface area contributed by atoms with Gasteiger partial charge in [-0.2, -0.15) is 5.26 Å². The van der Waals surface area contributed by atoms with Gasteiger partial charge in [0.05, 0.1) is 28.8 Å². The predicted molar refractivity (Wildman–Crippen MR) is 122 cm³/mol. The standard InChI is InChI=1S/C25H28FN5/c1-16-10-20-5-6-24(26)23(25(20)30(16)4)14-28-8-7-19-9-17(2)31(15-19)22-11-21(12-27)18(3)29-13-22/h5-6,11,13,19,28H,1-2,7-10,14-15H2,3-4H3. The number of nitrogens with one attached hydrogen (secondary N) is 1. The summed E-state index contributed by atoms with van der Waals surface area (Å²) < 4.78 is 14.5. The first-order chi connectivity index (χ1) is 14.9. The largest absolute Gasteiger partial charge is 0.348 e. The van der Waals surface area contributed by atoms with E-state index in [0.717, 1.165) is 66.4 Å². The number of aromatic nitrogens is 1. The highest BCUT2D eigenvalue weighted by atomic mass is 19.1. The van der Waals surface area contributed by atoms with Crippen molar-refractivity contribution in [2.75, 3.05) is 29.9 Å². The summed E-state index contributed by atoms with van der Waals surface area (Å²) in [6.45, 7) is 12.3. The number of anilines is 2. The molecular weight excluding hydrogens is 389 g/mol. The monoisotopic (exact) mass is 417 g/mol. The molecule has 1 N–H and O–H groups in total. The summed E-state index contributed by atoms with van der Waals surface area (Å²) in [5, 5.41) is 12.7. The van der Waals surface area contributed by atoms with Crippen molar-refractivity contribution in [3.05, 3.63) is 77.1 Å². The van der Waals surface area contributed by atoms with E-state index >= 15 is 0 Å². The van der Waals surface area contributed by atoms with E-state index in [1.54, 1.807) is 6.07 Å². The van der Waals surface area contributed by atoms with Gasteiger partial charge in [0.25, 0.3) is 0 Å². The Morgan fingerprint density at radius 3 is 2.90 bits per heavy atom. The quantitative estimate of drug-likeness (QED) is 0.705. The van der Waals surface area contributed by atoms with E-state index in [1.807, 2.05) is 37.2 Å². The average Bonchev–Trinajstić information content (AvgIpc) is 3.26. The molecule has 4 rings (SSSR count). The van der Waals surface area contributed by atoms with Crippen molar-refractivity contribution in [1.29, 1.82) is 5.26 Å². The Morgan fingerprint density at radius 1 is 1.32 bits per heavy atom. The van der Waals surface area contributed by atoms with E-state index in [2.05, 4.69) is 34.4 Å². The molecular formula is C25H28FN5. The highest BCUT2D eigenvalue weighted by Crippen LogP contribution is 2.37. The zero-order valence-electron chi connectivity index (χ0n) is 18.2. The number of nitriles is 1. The van der Waals surface area contributed by atoms with E-state index < -0.39 is 0 Å². The number of hydrogen-bond donors (Lipinski definition) is 1. The van der Waals surface area contributed by atoms with Gasteiger partial charge in [0, 0.05) is 43.5 Å². The molecule has 0 aliphatic carbocycles. The van der Waals surface area contributed by atoms with Crippen LogP contribution in [-0.4, -0.2) is 25.1 Å². The maximum Gasteiger partial charge on any atom is 0.129 e. The summed E-state index contributed by atoms with van der Waals surface area (Å²) in [7, 11) is 1.95. The first-order valence-corrected chi connectivity index (χ1v) is 10.6. The van der Waals surface area contributed by atoms with Crippen molar-refractivity contribution < 1.29 is 4.39 Å². The zero-order chi connectivity index (χ0) is 22.1. The number of likely N-dealkylation sites (N-methyl/N-ethyl adjacent to an activating group) is 1. The Kier molecular flexibility index (Phi) is 5.79. The lowest BCUT2D eigenvalue weighted by molar-refractivity contribution is 0.502. The second kappa shape index (κ2) is 8.52. The maximum atomic E-state index is 14.5. The fourth-order valence-corrected chi connectivity index (χ4v) is 4.56. The minimum atomic E-state index is -0.173. The first-order valence-electron chi connectivity index (χ1n) is 10.6. The molecule has 0 radical (unpaired) electrons. The molecule has 1 aromatic carbocycles. The van der Waals surface area contributed by atoms with E-state index in [4.69, 9.17) is 0 Å². The number of aryl methyl sites for hydroxylation is 1. The third-order valence-electron chi connectivity index (χ3n) is 6.40. The van der Waals surface area contributed by atoms with Gasteiger partial charge in [0.15, 0.2) is 0 Å². The number of rotatable bonds is 6. The molecule has 3 heterocycles. The number of benzene rings is 1. The van der Waals surface area contributed by atoms with Crippen molar-refractivity contribution >= 4 is 11.4 Å². The minimum Gasteiger partial charge on any atom is -0.348 e. The maximum absolute atomic E-state index is 14.5. The van der Waals surface area contributed by atoms with Crippen molar-refractivity contribution in [2.24, 2.45) is 5.92 Å². The highest BCUT2D eigenvalue weighted by molar-refractivity contribution is 5.68. The summed E-state index contributed by atoms with van der Waals surface area (Å²) in [5.41, 5.74) is 7.11. The zero-order valence-corrected chi connectivity index (χ0v) is 18.2. The van der Waals surface area contributed by atoms with Crippen LogP contribution in [0.4, 0.5) is 15.8 Å². The molecule has 0 saturated carbocycles. The summed E-state index contributed by atoms with van der Waals surface area (Å²) in [6.07, 6.45) is 4.47. The Morgan fingerprint density at radius 2 is 2.13 bits per heavy atom. The molecule has 5 nitrogen and oxygen atoms in total. The second-order valence-electron chi connectivity index (χ2n) is 8.49. The molecule has 1 atom stereocenters. The van der Waals surface area contributed by atoms with Crippen LogP contribution in [0.1, 0.15) is 35.2 Å². The van der Waals surface area contributed by atoms with E-state index in [0.29, 0.717) is 23.6 Å². The molecule has 2 aliphatic rings. The lowest BCUT2D eigenvalue weighted by Crippen LogP contribution is -2.23. The SMILES string of the molecule is C=C1Cc2ccc(F)c(CNCCC3CC(=C)N(c4cnc(C)c(C#N)c4)C3)c2N1C. The van der Waals surface area contributed by atoms with Crippen LogP contribution in [0.3, 0.4) is 0 Å². The van der Waals surface area contributed by atoms with Gasteiger partial charge in [0.2, 0.25) is 0 Å². The second-order valence-corrected chi connectivity index (χ2v) is 8.49. The fourth-order valence-electron chi connectivity index (χ4n) is 4.56. The molecule has 1 fully saturated rings. The van der Waals surface area contributed by atoms with Crippen molar-refractivity contribution in [3.63, 3.8) is 0 Å². The van der Waals surface area contributed by atoms with Crippen LogP contribution in [-0.2, 0) is 13.0 Å². The highest BCUT2D eigenvalue weighted by Gasteiger charge is 2.27. The van der Waals surface area contributed by atoms with Gasteiger partial charge in [-0.15, -0.1) is 0 Å². The lowest BCUT2D eigenvalue weighted by Gasteiger charge is -2.20. The van der Waals surface area contributed by atoms with Crippen LogP contribution in [0, 0.1) is 30.0 Å². The topological polar surface area (TPSA) is 55.2 Å². The van der Waals surface area contributed by atoms with E-state index in [-0.39, 0.29) is 5.82 Å². The molecule has 2 aromatic rings. The number of allylic oxidation sites excluding steroid dienone is 2. The summed E-state index contributed by atoms with van der Waals surface area (Å²) in [5.74, 6) is 0.286. The van der Waals surface area contributed by atoms with Crippen molar-refractivity contribution in [2.45, 2.75) is 32.7 Å². The Balaban J connectivity index is 1.34. The van der Waals surface area contributed by atoms with Gasteiger partial charge in [0.1, 0.15) is 11.9 Å². The predicted octanol–water partition coefficient (Wildman–Crippen LogP) is 4.43. The summed E-state index contributed by atoms with van der Waals surface area (Å²) in [4.78, 5) is 8.50.